The summed E-state index contributed by atoms with van der Waals surface area (Å²) in [5.74, 6) is 0.422. The lowest BCUT2D eigenvalue weighted by Crippen LogP contribution is -2.04. The molecule has 18 heavy (non-hydrogen) atoms. The van der Waals surface area contributed by atoms with E-state index in [-0.39, 0.29) is 5.95 Å². The second kappa shape index (κ2) is 5.57. The van der Waals surface area contributed by atoms with Crippen molar-refractivity contribution >= 4 is 22.9 Å². The highest BCUT2D eigenvalue weighted by molar-refractivity contribution is 5.81. The molecular weight excluding hydrogens is 228 g/mol. The molecular formula is C12H18N6. The van der Waals surface area contributed by atoms with Crippen LogP contribution in [0.3, 0.4) is 0 Å². The monoisotopic (exact) mass is 246 g/mol. The van der Waals surface area contributed by atoms with Crippen molar-refractivity contribution < 1.29 is 0 Å². The maximum absolute atomic E-state index is 5.77. The van der Waals surface area contributed by atoms with Crippen molar-refractivity contribution in [3.05, 3.63) is 11.9 Å². The third-order valence-electron chi connectivity index (χ3n) is 2.79. The molecule has 0 aliphatic rings. The van der Waals surface area contributed by atoms with E-state index in [4.69, 9.17) is 11.5 Å². The summed E-state index contributed by atoms with van der Waals surface area (Å²) in [5.41, 5.74) is 13.2. The molecule has 0 bridgehead atoms. The van der Waals surface area contributed by atoms with Gasteiger partial charge in [-0.3, -0.25) is 0 Å². The Hall–Kier alpha value is -1.98. The Labute approximate surface area is 106 Å². The van der Waals surface area contributed by atoms with Crippen LogP contribution in [0.5, 0.6) is 0 Å². The van der Waals surface area contributed by atoms with Crippen LogP contribution in [0.4, 0.5) is 11.8 Å². The third kappa shape index (κ3) is 2.82. The number of nitrogen functional groups attached to an aromatic ring is 2. The molecule has 0 radical (unpaired) electrons. The molecule has 4 N–H and O–H groups in total. The predicted molar refractivity (Wildman–Crippen MR) is 71.8 cm³/mol. The lowest BCUT2D eigenvalue weighted by molar-refractivity contribution is 0.660. The van der Waals surface area contributed by atoms with Crippen molar-refractivity contribution in [2.45, 2.75) is 39.0 Å². The molecule has 0 spiro atoms. The second-order valence-corrected chi connectivity index (χ2v) is 4.31. The highest BCUT2D eigenvalue weighted by Gasteiger charge is 2.07. The average Bonchev–Trinajstić information content (AvgIpc) is 2.35. The van der Waals surface area contributed by atoms with Gasteiger partial charge in [0, 0.05) is 0 Å². The lowest BCUT2D eigenvalue weighted by atomic mass is 10.1. The zero-order valence-corrected chi connectivity index (χ0v) is 10.6. The summed E-state index contributed by atoms with van der Waals surface area (Å²) in [4.78, 5) is 16.6. The number of aromatic nitrogens is 4. The van der Waals surface area contributed by atoms with Crippen LogP contribution in [0, 0.1) is 0 Å². The first-order chi connectivity index (χ1) is 8.70. The van der Waals surface area contributed by atoms with E-state index in [0.717, 1.165) is 18.5 Å². The van der Waals surface area contributed by atoms with Gasteiger partial charge in [0.15, 0.2) is 17.0 Å². The molecule has 2 aromatic rings. The number of hydrogen-bond donors (Lipinski definition) is 2. The fraction of sp³-hybridized carbons (Fsp3) is 0.500. The highest BCUT2D eigenvalue weighted by Crippen LogP contribution is 2.15. The first kappa shape index (κ1) is 12.5. The summed E-state index contributed by atoms with van der Waals surface area (Å²) in [7, 11) is 0. The molecule has 0 fully saturated rings. The Morgan fingerprint density at radius 2 is 1.89 bits per heavy atom. The van der Waals surface area contributed by atoms with Crippen LogP contribution in [-0.2, 0) is 6.42 Å². The van der Waals surface area contributed by atoms with Crippen molar-refractivity contribution in [1.82, 2.24) is 19.9 Å². The summed E-state index contributed by atoms with van der Waals surface area (Å²) >= 11 is 0. The van der Waals surface area contributed by atoms with Gasteiger partial charge >= 0.3 is 0 Å². The summed E-state index contributed by atoms with van der Waals surface area (Å²) in [6, 6.07) is 0. The average molecular weight is 246 g/mol. The SMILES string of the molecule is CCCCCCc1cnc2nc(N)nc(N)c2n1. The smallest absolute Gasteiger partial charge is 0.224 e. The highest BCUT2D eigenvalue weighted by atomic mass is 15.1. The number of hydrogen-bond acceptors (Lipinski definition) is 6. The molecule has 0 aliphatic carbocycles. The lowest BCUT2D eigenvalue weighted by Gasteiger charge is -2.04. The first-order valence-electron chi connectivity index (χ1n) is 6.25. The molecule has 0 atom stereocenters. The maximum Gasteiger partial charge on any atom is 0.224 e. The molecule has 6 nitrogen and oxygen atoms in total. The van der Waals surface area contributed by atoms with E-state index >= 15 is 0 Å². The molecule has 2 aromatic heterocycles. The van der Waals surface area contributed by atoms with Gasteiger partial charge in [-0.2, -0.15) is 9.97 Å². The van der Waals surface area contributed by atoms with Gasteiger partial charge in [-0.05, 0) is 12.8 Å². The van der Waals surface area contributed by atoms with Crippen LogP contribution in [0.15, 0.2) is 6.20 Å². The van der Waals surface area contributed by atoms with E-state index < -0.39 is 0 Å². The van der Waals surface area contributed by atoms with Crippen molar-refractivity contribution in [2.24, 2.45) is 0 Å². The fourth-order valence-electron chi connectivity index (χ4n) is 1.84. The van der Waals surface area contributed by atoms with Gasteiger partial charge in [-0.1, -0.05) is 26.2 Å². The standard InChI is InChI=1S/C12H18N6/c1-2-3-4-5-6-8-7-15-11-9(16-8)10(13)17-12(14)18-11/h7H,2-6H2,1H3,(H4,13,14,15,17,18). The van der Waals surface area contributed by atoms with Crippen LogP contribution < -0.4 is 11.5 Å². The van der Waals surface area contributed by atoms with Crippen LogP contribution in [0.1, 0.15) is 38.3 Å². The normalized spacial score (nSPS) is 10.9. The summed E-state index contributed by atoms with van der Waals surface area (Å²) in [6.07, 6.45) is 7.45. The van der Waals surface area contributed by atoms with Crippen LogP contribution >= 0.6 is 0 Å². The molecule has 6 heteroatoms. The van der Waals surface area contributed by atoms with Crippen molar-refractivity contribution in [3.63, 3.8) is 0 Å². The second-order valence-electron chi connectivity index (χ2n) is 4.31. The van der Waals surface area contributed by atoms with Gasteiger partial charge in [0.05, 0.1) is 11.9 Å². The largest absolute Gasteiger partial charge is 0.382 e. The molecule has 2 rings (SSSR count). The zero-order chi connectivity index (χ0) is 13.0. The number of aryl methyl sites for hydroxylation is 1. The minimum absolute atomic E-state index is 0.130. The minimum Gasteiger partial charge on any atom is -0.382 e. The zero-order valence-electron chi connectivity index (χ0n) is 10.6. The molecule has 0 aromatic carbocycles. The van der Waals surface area contributed by atoms with E-state index in [1.807, 2.05) is 0 Å². The first-order valence-corrected chi connectivity index (χ1v) is 6.25. The molecule has 0 unspecified atom stereocenters. The van der Waals surface area contributed by atoms with Gasteiger partial charge in [-0.25, -0.2) is 9.97 Å². The van der Waals surface area contributed by atoms with E-state index in [1.54, 1.807) is 6.20 Å². The van der Waals surface area contributed by atoms with Crippen molar-refractivity contribution in [3.8, 4) is 0 Å². The Balaban J connectivity index is 2.17. The fourth-order valence-corrected chi connectivity index (χ4v) is 1.84. The van der Waals surface area contributed by atoms with E-state index in [1.165, 1.54) is 19.3 Å². The molecule has 0 aliphatic heterocycles. The summed E-state index contributed by atoms with van der Waals surface area (Å²) < 4.78 is 0. The molecule has 96 valence electrons. The van der Waals surface area contributed by atoms with E-state index in [0.29, 0.717) is 17.0 Å². The summed E-state index contributed by atoms with van der Waals surface area (Å²) in [6.45, 7) is 2.19. The summed E-state index contributed by atoms with van der Waals surface area (Å²) in [5, 5.41) is 0. The third-order valence-corrected chi connectivity index (χ3v) is 2.79. The quantitative estimate of drug-likeness (QED) is 0.778. The van der Waals surface area contributed by atoms with Gasteiger partial charge in [-0.15, -0.1) is 0 Å². The van der Waals surface area contributed by atoms with Gasteiger partial charge in [0.1, 0.15) is 0 Å². The van der Waals surface area contributed by atoms with Crippen LogP contribution in [0.2, 0.25) is 0 Å². The van der Waals surface area contributed by atoms with Crippen molar-refractivity contribution in [2.75, 3.05) is 11.5 Å². The maximum atomic E-state index is 5.77. The van der Waals surface area contributed by atoms with Gasteiger partial charge in [0.2, 0.25) is 5.95 Å². The number of rotatable bonds is 5. The Bertz CT molecular complexity index is 539. The molecule has 0 saturated carbocycles. The van der Waals surface area contributed by atoms with Gasteiger partial charge in [0.25, 0.3) is 0 Å². The van der Waals surface area contributed by atoms with Crippen LogP contribution in [0.25, 0.3) is 11.2 Å². The van der Waals surface area contributed by atoms with E-state index in [2.05, 4.69) is 26.9 Å². The number of nitrogens with two attached hydrogens (primary N) is 2. The number of fused-ring (bicyclic) bond motifs is 1. The number of anilines is 2. The Morgan fingerprint density at radius 1 is 1.06 bits per heavy atom. The predicted octanol–water partition coefficient (Wildman–Crippen LogP) is 1.71. The Kier molecular flexibility index (Phi) is 3.86. The number of unbranched alkanes of at least 4 members (excludes halogenated alkanes) is 3. The molecule has 0 saturated heterocycles. The van der Waals surface area contributed by atoms with Crippen LogP contribution in [-0.4, -0.2) is 19.9 Å². The topological polar surface area (TPSA) is 104 Å². The Morgan fingerprint density at radius 3 is 2.67 bits per heavy atom. The van der Waals surface area contributed by atoms with E-state index in [9.17, 15) is 0 Å². The molecule has 0 amide bonds. The van der Waals surface area contributed by atoms with Gasteiger partial charge < -0.3 is 11.5 Å². The molecule has 2 heterocycles. The van der Waals surface area contributed by atoms with Crippen molar-refractivity contribution in [1.29, 1.82) is 0 Å². The minimum atomic E-state index is 0.130. The number of nitrogens with zero attached hydrogens (tertiary/aromatic N) is 4.